The second-order valence-corrected chi connectivity index (χ2v) is 7.69. The van der Waals surface area contributed by atoms with Crippen LogP contribution in [-0.2, 0) is 16.0 Å². The molecule has 0 bridgehead atoms. The SMILES string of the molecule is CCCCCCCCCc1ccc2sc(NCCC(=O)OC)cc2c1. The summed E-state index contributed by atoms with van der Waals surface area (Å²) in [5.74, 6) is -0.175. The number of benzene rings is 1. The van der Waals surface area contributed by atoms with Gasteiger partial charge < -0.3 is 10.1 Å². The van der Waals surface area contributed by atoms with E-state index in [1.165, 1.54) is 74.1 Å². The molecule has 0 amide bonds. The molecule has 138 valence electrons. The quantitative estimate of drug-likeness (QED) is 0.363. The smallest absolute Gasteiger partial charge is 0.307 e. The molecule has 1 heterocycles. The molecule has 0 unspecified atom stereocenters. The highest BCUT2D eigenvalue weighted by molar-refractivity contribution is 7.22. The Hall–Kier alpha value is -1.55. The van der Waals surface area contributed by atoms with Crippen LogP contribution in [0.1, 0.15) is 63.9 Å². The van der Waals surface area contributed by atoms with Gasteiger partial charge in [-0.15, -0.1) is 11.3 Å². The van der Waals surface area contributed by atoms with E-state index < -0.39 is 0 Å². The van der Waals surface area contributed by atoms with Gasteiger partial charge >= 0.3 is 5.97 Å². The maximum atomic E-state index is 11.2. The van der Waals surface area contributed by atoms with Crippen LogP contribution >= 0.6 is 11.3 Å². The summed E-state index contributed by atoms with van der Waals surface area (Å²) >= 11 is 1.74. The third kappa shape index (κ3) is 7.07. The van der Waals surface area contributed by atoms with Crippen LogP contribution in [0.5, 0.6) is 0 Å². The maximum absolute atomic E-state index is 11.2. The van der Waals surface area contributed by atoms with Crippen LogP contribution in [0.15, 0.2) is 24.3 Å². The monoisotopic (exact) mass is 361 g/mol. The van der Waals surface area contributed by atoms with E-state index in [-0.39, 0.29) is 5.97 Å². The molecule has 1 aromatic heterocycles. The topological polar surface area (TPSA) is 38.3 Å². The number of carbonyl (C=O) groups is 1. The maximum Gasteiger partial charge on any atom is 0.307 e. The van der Waals surface area contributed by atoms with Crippen molar-refractivity contribution in [2.75, 3.05) is 19.0 Å². The van der Waals surface area contributed by atoms with Crippen molar-refractivity contribution in [1.29, 1.82) is 0 Å². The number of anilines is 1. The first-order chi connectivity index (χ1) is 12.2. The summed E-state index contributed by atoms with van der Waals surface area (Å²) < 4.78 is 5.96. The van der Waals surface area contributed by atoms with Gasteiger partial charge in [0.2, 0.25) is 0 Å². The van der Waals surface area contributed by atoms with E-state index in [0.29, 0.717) is 13.0 Å². The number of carbonyl (C=O) groups excluding carboxylic acids is 1. The average Bonchev–Trinajstić information content (AvgIpc) is 3.02. The van der Waals surface area contributed by atoms with Crippen molar-refractivity contribution in [2.24, 2.45) is 0 Å². The van der Waals surface area contributed by atoms with Gasteiger partial charge in [0.05, 0.1) is 18.5 Å². The number of thiophene rings is 1. The Morgan fingerprint density at radius 3 is 2.60 bits per heavy atom. The molecule has 0 atom stereocenters. The number of methoxy groups -OCH3 is 1. The highest BCUT2D eigenvalue weighted by atomic mass is 32.1. The van der Waals surface area contributed by atoms with E-state index in [4.69, 9.17) is 0 Å². The zero-order valence-electron chi connectivity index (χ0n) is 15.6. The van der Waals surface area contributed by atoms with Gasteiger partial charge in [0.25, 0.3) is 0 Å². The number of hydrogen-bond donors (Lipinski definition) is 1. The van der Waals surface area contributed by atoms with Gasteiger partial charge in [-0.25, -0.2) is 0 Å². The van der Waals surface area contributed by atoms with E-state index in [2.05, 4.69) is 41.2 Å². The second kappa shape index (κ2) is 11.1. The number of rotatable bonds is 12. The molecule has 0 saturated heterocycles. The Morgan fingerprint density at radius 2 is 1.84 bits per heavy atom. The lowest BCUT2D eigenvalue weighted by Gasteiger charge is -2.02. The van der Waals surface area contributed by atoms with Gasteiger partial charge in [0, 0.05) is 11.2 Å². The normalized spacial score (nSPS) is 11.0. The van der Waals surface area contributed by atoms with Crippen LogP contribution in [0.2, 0.25) is 0 Å². The fraction of sp³-hybridized carbons (Fsp3) is 0.571. The average molecular weight is 362 g/mol. The predicted octanol–water partition coefficient (Wildman–Crippen LogP) is 6.17. The molecule has 25 heavy (non-hydrogen) atoms. The van der Waals surface area contributed by atoms with Gasteiger partial charge in [-0.1, -0.05) is 57.6 Å². The van der Waals surface area contributed by atoms with E-state index >= 15 is 0 Å². The zero-order valence-corrected chi connectivity index (χ0v) is 16.4. The van der Waals surface area contributed by atoms with E-state index in [0.717, 1.165) is 5.00 Å². The summed E-state index contributed by atoms with van der Waals surface area (Å²) in [4.78, 5) is 11.2. The van der Waals surface area contributed by atoms with Crippen molar-refractivity contribution in [1.82, 2.24) is 0 Å². The first-order valence-electron chi connectivity index (χ1n) is 9.56. The molecule has 0 aliphatic heterocycles. The fourth-order valence-corrected chi connectivity index (χ4v) is 3.98. The van der Waals surface area contributed by atoms with E-state index in [9.17, 15) is 4.79 Å². The third-order valence-corrected chi connectivity index (χ3v) is 5.58. The molecular weight excluding hydrogens is 330 g/mol. The Bertz CT molecular complexity index is 650. The molecule has 4 heteroatoms. The van der Waals surface area contributed by atoms with Crippen molar-refractivity contribution >= 4 is 32.4 Å². The number of unbranched alkanes of at least 4 members (excludes halogenated alkanes) is 6. The van der Waals surface area contributed by atoms with Crippen LogP contribution in [0.3, 0.4) is 0 Å². The predicted molar refractivity (Wildman–Crippen MR) is 109 cm³/mol. The largest absolute Gasteiger partial charge is 0.469 e. The van der Waals surface area contributed by atoms with Crippen LogP contribution in [-0.4, -0.2) is 19.6 Å². The first-order valence-corrected chi connectivity index (χ1v) is 10.4. The summed E-state index contributed by atoms with van der Waals surface area (Å²) in [6.45, 7) is 2.88. The molecule has 1 N–H and O–H groups in total. The Kier molecular flexibility index (Phi) is 8.81. The summed E-state index contributed by atoms with van der Waals surface area (Å²) in [6.07, 6.45) is 11.0. The molecule has 0 fully saturated rings. The zero-order chi connectivity index (χ0) is 17.9. The van der Waals surface area contributed by atoms with Gasteiger partial charge in [-0.05, 0) is 35.9 Å². The molecular formula is C21H31NO2S. The molecule has 2 aromatic rings. The minimum Gasteiger partial charge on any atom is -0.469 e. The summed E-state index contributed by atoms with van der Waals surface area (Å²) in [5, 5.41) is 5.73. The lowest BCUT2D eigenvalue weighted by Crippen LogP contribution is -2.08. The number of esters is 1. The van der Waals surface area contributed by atoms with Crippen molar-refractivity contribution in [3.8, 4) is 0 Å². The van der Waals surface area contributed by atoms with Crippen molar-refractivity contribution in [3.05, 3.63) is 29.8 Å². The van der Waals surface area contributed by atoms with Crippen LogP contribution in [0.25, 0.3) is 10.1 Å². The van der Waals surface area contributed by atoms with Crippen LogP contribution in [0.4, 0.5) is 5.00 Å². The van der Waals surface area contributed by atoms with Crippen molar-refractivity contribution in [2.45, 2.75) is 64.7 Å². The van der Waals surface area contributed by atoms with Crippen molar-refractivity contribution in [3.63, 3.8) is 0 Å². The van der Waals surface area contributed by atoms with Crippen molar-refractivity contribution < 1.29 is 9.53 Å². The summed E-state index contributed by atoms with van der Waals surface area (Å²) in [7, 11) is 1.43. The summed E-state index contributed by atoms with van der Waals surface area (Å²) in [6, 6.07) is 8.98. The van der Waals surface area contributed by atoms with Crippen LogP contribution in [0, 0.1) is 0 Å². The molecule has 0 aliphatic carbocycles. The van der Waals surface area contributed by atoms with Gasteiger partial charge in [-0.2, -0.15) is 0 Å². The minimum atomic E-state index is -0.175. The van der Waals surface area contributed by atoms with E-state index in [1.807, 2.05) is 0 Å². The van der Waals surface area contributed by atoms with Gasteiger partial charge in [0.15, 0.2) is 0 Å². The molecule has 0 spiro atoms. The highest BCUT2D eigenvalue weighted by Gasteiger charge is 2.05. The lowest BCUT2D eigenvalue weighted by atomic mass is 10.0. The fourth-order valence-electron chi connectivity index (χ4n) is 3.01. The molecule has 0 radical (unpaired) electrons. The lowest BCUT2D eigenvalue weighted by molar-refractivity contribution is -0.140. The standard InChI is InChI=1S/C21H31NO2S/c1-3-4-5-6-7-8-9-10-17-11-12-19-18(15-17)16-20(25-19)22-14-13-21(23)24-2/h11-12,15-16,22H,3-10,13-14H2,1-2H3. The molecule has 0 aliphatic rings. The number of fused-ring (bicyclic) bond motifs is 1. The van der Waals surface area contributed by atoms with Gasteiger partial charge in [0.1, 0.15) is 0 Å². The number of ether oxygens (including phenoxy) is 1. The Labute approximate surface area is 155 Å². The highest BCUT2D eigenvalue weighted by Crippen LogP contribution is 2.30. The number of aryl methyl sites for hydroxylation is 1. The molecule has 3 nitrogen and oxygen atoms in total. The third-order valence-electron chi connectivity index (χ3n) is 4.51. The Morgan fingerprint density at radius 1 is 1.08 bits per heavy atom. The number of nitrogens with one attached hydrogen (secondary N) is 1. The molecule has 0 saturated carbocycles. The minimum absolute atomic E-state index is 0.175. The summed E-state index contributed by atoms with van der Waals surface area (Å²) in [5.41, 5.74) is 1.43. The Balaban J connectivity index is 1.76. The molecule has 2 rings (SSSR count). The number of hydrogen-bond acceptors (Lipinski definition) is 4. The van der Waals surface area contributed by atoms with E-state index in [1.54, 1.807) is 11.3 Å². The van der Waals surface area contributed by atoms with Crippen LogP contribution < -0.4 is 5.32 Å². The first kappa shape index (κ1) is 19.8. The van der Waals surface area contributed by atoms with Gasteiger partial charge in [-0.3, -0.25) is 4.79 Å². The molecule has 1 aromatic carbocycles. The second-order valence-electron chi connectivity index (χ2n) is 6.61.